The fraction of sp³-hybridized carbons (Fsp3) is 0.306. The van der Waals surface area contributed by atoms with Crippen LogP contribution in [0.1, 0.15) is 38.7 Å². The number of fused-ring (bicyclic) bond motifs is 4. The number of piperidine rings is 1. The lowest BCUT2D eigenvalue weighted by atomic mass is 9.83. The molecule has 0 aliphatic carbocycles. The zero-order chi connectivity index (χ0) is 31.8. The topological polar surface area (TPSA) is 87.1 Å². The van der Waals surface area contributed by atoms with Crippen molar-refractivity contribution < 1.29 is 18.7 Å². The molecule has 2 amide bonds. The molecule has 2 bridgehead atoms. The van der Waals surface area contributed by atoms with Crippen LogP contribution in [0.25, 0.3) is 0 Å². The summed E-state index contributed by atoms with van der Waals surface area (Å²) in [6, 6.07) is 24.2. The number of nitrogens with one attached hydrogen (secondary N) is 1. The Hall–Kier alpha value is -5.12. The molecule has 7 rings (SSSR count). The lowest BCUT2D eigenvalue weighted by Gasteiger charge is -2.44. The zero-order valence-corrected chi connectivity index (χ0v) is 25.7. The summed E-state index contributed by atoms with van der Waals surface area (Å²) < 4.78 is 21.0. The molecule has 0 radical (unpaired) electrons. The van der Waals surface area contributed by atoms with Gasteiger partial charge in [0.25, 0.3) is 17.4 Å². The number of amides is 2. The first kappa shape index (κ1) is 29.6. The minimum absolute atomic E-state index is 0.0273. The maximum atomic E-state index is 13.8. The van der Waals surface area contributed by atoms with Gasteiger partial charge in [-0.2, -0.15) is 0 Å². The van der Waals surface area contributed by atoms with E-state index in [2.05, 4.69) is 15.1 Å². The number of rotatable bonds is 6. The Morgan fingerprint density at radius 1 is 0.804 bits per heavy atom. The number of anilines is 3. The second-order valence-electron chi connectivity index (χ2n) is 12.2. The van der Waals surface area contributed by atoms with Gasteiger partial charge in [-0.3, -0.25) is 14.4 Å². The highest BCUT2D eigenvalue weighted by Gasteiger charge is 2.35. The van der Waals surface area contributed by atoms with E-state index in [-0.39, 0.29) is 29.2 Å². The molecule has 2 fully saturated rings. The highest BCUT2D eigenvalue weighted by Crippen LogP contribution is 2.39. The largest absolute Gasteiger partial charge is 0.495 e. The highest BCUT2D eigenvalue weighted by atomic mass is 19.1. The molecule has 3 aliphatic heterocycles. The summed E-state index contributed by atoms with van der Waals surface area (Å²) in [4.78, 5) is 46.0. The molecule has 2 saturated heterocycles. The number of carbonyl (C=O) groups excluding carboxylic acids is 2. The SMILES string of the molecule is COc1ccccc1N1CCN(C(=O)c2ccc(N3CC4CC(C3)c3cccc(=O)n3C4)c(NC(=O)c3ccc(F)cc3)c2)CC1. The van der Waals surface area contributed by atoms with E-state index in [9.17, 15) is 18.8 Å². The van der Waals surface area contributed by atoms with Crippen molar-refractivity contribution >= 4 is 28.9 Å². The van der Waals surface area contributed by atoms with Gasteiger partial charge in [0.1, 0.15) is 11.6 Å². The zero-order valence-electron chi connectivity index (χ0n) is 25.7. The maximum absolute atomic E-state index is 13.8. The molecule has 236 valence electrons. The summed E-state index contributed by atoms with van der Waals surface area (Å²) in [5, 5.41) is 3.03. The van der Waals surface area contributed by atoms with E-state index >= 15 is 0 Å². The number of aromatic nitrogens is 1. The van der Waals surface area contributed by atoms with Gasteiger partial charge in [-0.1, -0.05) is 18.2 Å². The van der Waals surface area contributed by atoms with Crippen molar-refractivity contribution in [1.29, 1.82) is 0 Å². The predicted molar refractivity (Wildman–Crippen MR) is 176 cm³/mol. The molecule has 46 heavy (non-hydrogen) atoms. The van der Waals surface area contributed by atoms with Crippen molar-refractivity contribution in [2.24, 2.45) is 5.92 Å². The molecule has 10 heteroatoms. The van der Waals surface area contributed by atoms with Crippen LogP contribution < -0.4 is 25.4 Å². The quantitative estimate of drug-likeness (QED) is 0.332. The molecule has 0 saturated carbocycles. The van der Waals surface area contributed by atoms with Crippen LogP contribution in [-0.4, -0.2) is 67.7 Å². The van der Waals surface area contributed by atoms with Gasteiger partial charge in [0.05, 0.1) is 24.2 Å². The van der Waals surface area contributed by atoms with Crippen molar-refractivity contribution in [2.45, 2.75) is 18.9 Å². The molecule has 2 atom stereocenters. The Labute approximate surface area is 266 Å². The Balaban J connectivity index is 1.15. The van der Waals surface area contributed by atoms with Crippen LogP contribution in [0.4, 0.5) is 21.5 Å². The van der Waals surface area contributed by atoms with Gasteiger partial charge < -0.3 is 29.3 Å². The molecule has 1 aromatic heterocycles. The first-order valence-electron chi connectivity index (χ1n) is 15.7. The van der Waals surface area contributed by atoms with Crippen LogP contribution in [0.2, 0.25) is 0 Å². The van der Waals surface area contributed by atoms with Crippen molar-refractivity contribution in [1.82, 2.24) is 9.47 Å². The average molecular weight is 622 g/mol. The molecule has 9 nitrogen and oxygen atoms in total. The number of para-hydroxylation sites is 2. The van der Waals surface area contributed by atoms with Crippen LogP contribution in [0.3, 0.4) is 0 Å². The number of hydrogen-bond acceptors (Lipinski definition) is 6. The van der Waals surface area contributed by atoms with Crippen LogP contribution >= 0.6 is 0 Å². The molecule has 3 aliphatic rings. The highest BCUT2D eigenvalue weighted by molar-refractivity contribution is 6.07. The summed E-state index contributed by atoms with van der Waals surface area (Å²) in [5.41, 5.74) is 4.21. The fourth-order valence-electron chi connectivity index (χ4n) is 7.16. The third-order valence-electron chi connectivity index (χ3n) is 9.41. The number of carbonyl (C=O) groups is 2. The fourth-order valence-corrected chi connectivity index (χ4v) is 7.16. The molecule has 4 aromatic rings. The standard InChI is InChI=1S/C36H36FN5O4/c1-46-33-7-3-2-5-32(33)39-15-17-40(18-16-39)36(45)26-11-14-31(29(20-26)38-35(44)25-9-12-28(37)13-10-25)41-21-24-19-27(23-41)30-6-4-8-34(43)42(30)22-24/h2-14,20,24,27H,15-19,21-23H2,1H3,(H,38,44). The summed E-state index contributed by atoms with van der Waals surface area (Å²) >= 11 is 0. The van der Waals surface area contributed by atoms with Gasteiger partial charge in [-0.15, -0.1) is 0 Å². The molecule has 3 aromatic carbocycles. The van der Waals surface area contributed by atoms with Gasteiger partial charge in [0.2, 0.25) is 0 Å². The lowest BCUT2D eigenvalue weighted by Crippen LogP contribution is -2.49. The molecule has 2 unspecified atom stereocenters. The maximum Gasteiger partial charge on any atom is 0.255 e. The van der Waals surface area contributed by atoms with Crippen LogP contribution in [0.5, 0.6) is 5.75 Å². The van der Waals surface area contributed by atoms with E-state index in [1.54, 1.807) is 19.2 Å². The minimum Gasteiger partial charge on any atom is -0.495 e. The van der Waals surface area contributed by atoms with Gasteiger partial charge in [0.15, 0.2) is 0 Å². The van der Waals surface area contributed by atoms with Crippen molar-refractivity contribution in [2.75, 3.05) is 61.5 Å². The third kappa shape index (κ3) is 5.71. The monoisotopic (exact) mass is 621 g/mol. The summed E-state index contributed by atoms with van der Waals surface area (Å²) in [7, 11) is 1.66. The number of benzene rings is 3. The van der Waals surface area contributed by atoms with E-state index in [1.807, 2.05) is 58.0 Å². The second kappa shape index (κ2) is 12.3. The summed E-state index contributed by atoms with van der Waals surface area (Å²) in [5.74, 6) is 0.333. The molecular weight excluding hydrogens is 585 g/mol. The first-order chi connectivity index (χ1) is 22.4. The Kier molecular flexibility index (Phi) is 7.94. The second-order valence-corrected chi connectivity index (χ2v) is 12.2. The number of nitrogens with zero attached hydrogens (tertiary/aromatic N) is 4. The van der Waals surface area contributed by atoms with Gasteiger partial charge in [-0.05, 0) is 73.0 Å². The van der Waals surface area contributed by atoms with E-state index in [4.69, 9.17) is 4.74 Å². The Morgan fingerprint density at radius 2 is 1.57 bits per heavy atom. The Morgan fingerprint density at radius 3 is 2.35 bits per heavy atom. The number of pyridine rings is 1. The van der Waals surface area contributed by atoms with Gasteiger partial charge in [-0.25, -0.2) is 4.39 Å². The van der Waals surface area contributed by atoms with Gasteiger partial charge >= 0.3 is 0 Å². The van der Waals surface area contributed by atoms with Crippen LogP contribution in [0.15, 0.2) is 89.7 Å². The predicted octanol–water partition coefficient (Wildman–Crippen LogP) is 4.83. The third-order valence-corrected chi connectivity index (χ3v) is 9.41. The number of methoxy groups -OCH3 is 1. The normalized spacial score (nSPS) is 19.0. The smallest absolute Gasteiger partial charge is 0.255 e. The van der Waals surface area contributed by atoms with E-state index in [0.29, 0.717) is 56.1 Å². The number of piperazine rings is 1. The number of hydrogen-bond donors (Lipinski definition) is 1. The van der Waals surface area contributed by atoms with Gasteiger partial charge in [0, 0.05) is 74.6 Å². The summed E-state index contributed by atoms with van der Waals surface area (Å²) in [6.07, 6.45) is 0.995. The molecule has 1 N–H and O–H groups in total. The molecular formula is C36H36FN5O4. The van der Waals surface area contributed by atoms with Crippen LogP contribution in [0, 0.1) is 11.7 Å². The first-order valence-corrected chi connectivity index (χ1v) is 15.7. The Bertz CT molecular complexity index is 1830. The van der Waals surface area contributed by atoms with E-state index < -0.39 is 5.82 Å². The van der Waals surface area contributed by atoms with E-state index in [1.165, 1.54) is 24.3 Å². The summed E-state index contributed by atoms with van der Waals surface area (Å²) in [6.45, 7) is 4.47. The molecule has 0 spiro atoms. The number of ether oxygens (including phenoxy) is 1. The van der Waals surface area contributed by atoms with E-state index in [0.717, 1.165) is 35.8 Å². The van der Waals surface area contributed by atoms with Crippen molar-refractivity contribution in [3.63, 3.8) is 0 Å². The lowest BCUT2D eigenvalue weighted by molar-refractivity contribution is 0.0746. The van der Waals surface area contributed by atoms with Crippen LogP contribution in [-0.2, 0) is 6.54 Å². The molecule has 4 heterocycles. The number of halogens is 1. The van der Waals surface area contributed by atoms with Crippen molar-refractivity contribution in [3.05, 3.63) is 118 Å². The minimum atomic E-state index is -0.421. The van der Waals surface area contributed by atoms with Crippen molar-refractivity contribution in [3.8, 4) is 5.75 Å². The average Bonchev–Trinajstić information content (AvgIpc) is 3.08.